The molecule has 5 heteroatoms. The molecule has 22 heavy (non-hydrogen) atoms. The van der Waals surface area contributed by atoms with E-state index >= 15 is 0 Å². The third-order valence-electron chi connectivity index (χ3n) is 4.61. The van der Waals surface area contributed by atoms with E-state index in [0.717, 1.165) is 0 Å². The van der Waals surface area contributed by atoms with E-state index in [9.17, 15) is 19.5 Å². The molecule has 0 radical (unpaired) electrons. The Morgan fingerprint density at radius 2 is 1.73 bits per heavy atom. The lowest BCUT2D eigenvalue weighted by Gasteiger charge is -2.24. The fourth-order valence-corrected chi connectivity index (χ4v) is 3.63. The molecule has 3 rings (SSSR count). The molecule has 1 amide bonds. The maximum absolute atomic E-state index is 12.6. The Balaban J connectivity index is 1.85. The number of Topliss-reactive ketones (excluding diaryl/α,β-unsaturated/α-hetero) is 1. The highest BCUT2D eigenvalue weighted by Crippen LogP contribution is 2.48. The zero-order valence-electron chi connectivity index (χ0n) is 12.2. The van der Waals surface area contributed by atoms with E-state index in [4.69, 9.17) is 0 Å². The first kappa shape index (κ1) is 14.5. The first-order chi connectivity index (χ1) is 10.5. The molecule has 0 heterocycles. The van der Waals surface area contributed by atoms with Gasteiger partial charge in [-0.3, -0.25) is 14.4 Å². The molecule has 1 aromatic carbocycles. The number of carbonyl (C=O) groups is 3. The molecule has 114 valence electrons. The molecule has 1 fully saturated rings. The van der Waals surface area contributed by atoms with Crippen molar-refractivity contribution in [1.29, 1.82) is 0 Å². The second-order valence-electron chi connectivity index (χ2n) is 5.93. The number of carboxylic acids is 1. The highest BCUT2D eigenvalue weighted by atomic mass is 16.4. The van der Waals surface area contributed by atoms with Crippen LogP contribution in [0.4, 0.5) is 5.69 Å². The number of nitrogens with one attached hydrogen (secondary N) is 1. The van der Waals surface area contributed by atoms with Gasteiger partial charge in [0, 0.05) is 5.56 Å². The number of carboxylic acid groups (broad SMARTS) is 1. The van der Waals surface area contributed by atoms with Crippen LogP contribution in [0.5, 0.6) is 0 Å². The summed E-state index contributed by atoms with van der Waals surface area (Å²) < 4.78 is 0. The van der Waals surface area contributed by atoms with E-state index in [-0.39, 0.29) is 23.5 Å². The largest absolute Gasteiger partial charge is 0.481 e. The Morgan fingerprint density at radius 3 is 2.36 bits per heavy atom. The number of allylic oxidation sites excluding steroid dienone is 2. The molecule has 4 atom stereocenters. The molecule has 0 unspecified atom stereocenters. The summed E-state index contributed by atoms with van der Waals surface area (Å²) in [7, 11) is 0. The molecule has 0 spiro atoms. The number of ketones is 1. The summed E-state index contributed by atoms with van der Waals surface area (Å²) in [6.45, 7) is 1.44. The third kappa shape index (κ3) is 2.32. The van der Waals surface area contributed by atoms with Crippen molar-refractivity contribution in [2.45, 2.75) is 13.3 Å². The smallest absolute Gasteiger partial charge is 0.307 e. The normalized spacial score (nSPS) is 28.6. The Bertz CT molecular complexity index is 679. The Morgan fingerprint density at radius 1 is 1.09 bits per heavy atom. The van der Waals surface area contributed by atoms with Gasteiger partial charge in [0.05, 0.1) is 17.5 Å². The van der Waals surface area contributed by atoms with E-state index in [1.54, 1.807) is 24.3 Å². The number of amides is 1. The van der Waals surface area contributed by atoms with Crippen LogP contribution in [-0.4, -0.2) is 22.8 Å². The number of anilines is 1. The van der Waals surface area contributed by atoms with Crippen molar-refractivity contribution in [3.63, 3.8) is 0 Å². The molecule has 2 aliphatic carbocycles. The van der Waals surface area contributed by atoms with Crippen molar-refractivity contribution >= 4 is 23.3 Å². The minimum Gasteiger partial charge on any atom is -0.481 e. The second-order valence-corrected chi connectivity index (χ2v) is 5.93. The van der Waals surface area contributed by atoms with Crippen LogP contribution in [0.25, 0.3) is 0 Å². The predicted octanol–water partition coefficient (Wildman–Crippen LogP) is 2.35. The van der Waals surface area contributed by atoms with Crippen molar-refractivity contribution in [3.05, 3.63) is 42.0 Å². The number of hydrogen-bond donors (Lipinski definition) is 2. The highest BCUT2D eigenvalue weighted by Gasteiger charge is 2.51. The molecule has 0 saturated heterocycles. The summed E-state index contributed by atoms with van der Waals surface area (Å²) in [4.78, 5) is 35.7. The maximum atomic E-state index is 12.6. The average Bonchev–Trinajstić information content (AvgIpc) is 3.08. The quantitative estimate of drug-likeness (QED) is 0.660. The molecular formula is C17H17NO4. The van der Waals surface area contributed by atoms with E-state index in [1.807, 2.05) is 12.2 Å². The van der Waals surface area contributed by atoms with Gasteiger partial charge in [-0.2, -0.15) is 0 Å². The lowest BCUT2D eigenvalue weighted by molar-refractivity contribution is -0.146. The molecule has 1 aromatic rings. The molecule has 2 bridgehead atoms. The number of hydrogen-bond acceptors (Lipinski definition) is 3. The van der Waals surface area contributed by atoms with Crippen molar-refractivity contribution in [2.24, 2.45) is 23.7 Å². The molecule has 2 aliphatic rings. The minimum absolute atomic E-state index is 0.0319. The number of carbonyl (C=O) groups excluding carboxylic acids is 2. The fraction of sp³-hybridized carbons (Fsp3) is 0.353. The number of aliphatic carboxylic acids is 1. The van der Waals surface area contributed by atoms with Gasteiger partial charge in [-0.05, 0) is 37.3 Å². The van der Waals surface area contributed by atoms with Gasteiger partial charge < -0.3 is 10.4 Å². The van der Waals surface area contributed by atoms with Crippen LogP contribution in [0.3, 0.4) is 0 Å². The Kier molecular flexibility index (Phi) is 3.56. The van der Waals surface area contributed by atoms with Crippen LogP contribution in [0.2, 0.25) is 0 Å². The van der Waals surface area contributed by atoms with E-state index in [2.05, 4.69) is 5.32 Å². The topological polar surface area (TPSA) is 83.5 Å². The molecule has 2 N–H and O–H groups in total. The van der Waals surface area contributed by atoms with Crippen LogP contribution in [0.15, 0.2) is 36.4 Å². The van der Waals surface area contributed by atoms with Crippen molar-refractivity contribution in [1.82, 2.24) is 0 Å². The summed E-state index contributed by atoms with van der Waals surface area (Å²) in [5.41, 5.74) is 0.873. The maximum Gasteiger partial charge on any atom is 0.307 e. The zero-order valence-corrected chi connectivity index (χ0v) is 12.2. The number of benzene rings is 1. The predicted molar refractivity (Wildman–Crippen MR) is 80.4 cm³/mol. The average molecular weight is 299 g/mol. The Labute approximate surface area is 128 Å². The molecule has 0 aromatic heterocycles. The minimum atomic E-state index is -0.933. The standard InChI is InChI=1S/C17H17NO4/c1-9(19)12-4-2-3-5-13(12)18-16(20)14-10-6-7-11(8-10)15(14)17(21)22/h2-7,10-11,14-15H,8H2,1H3,(H,18,20)(H,21,22)/t10-,11+,14+,15+/m1/s1. The van der Waals surface area contributed by atoms with Crippen LogP contribution in [0, 0.1) is 23.7 Å². The number of rotatable bonds is 4. The molecular weight excluding hydrogens is 282 g/mol. The zero-order chi connectivity index (χ0) is 15.9. The number of para-hydroxylation sites is 1. The summed E-state index contributed by atoms with van der Waals surface area (Å²) in [6.07, 6.45) is 4.55. The fourth-order valence-electron chi connectivity index (χ4n) is 3.63. The number of fused-ring (bicyclic) bond motifs is 2. The van der Waals surface area contributed by atoms with Gasteiger partial charge in [-0.1, -0.05) is 24.3 Å². The lowest BCUT2D eigenvalue weighted by atomic mass is 9.82. The first-order valence-corrected chi connectivity index (χ1v) is 7.31. The Hall–Kier alpha value is -2.43. The van der Waals surface area contributed by atoms with Gasteiger partial charge in [0.15, 0.2) is 5.78 Å². The van der Waals surface area contributed by atoms with Gasteiger partial charge in [0.2, 0.25) is 5.91 Å². The van der Waals surface area contributed by atoms with Gasteiger partial charge in [-0.15, -0.1) is 0 Å². The summed E-state index contributed by atoms with van der Waals surface area (Å²) in [6, 6.07) is 6.77. The van der Waals surface area contributed by atoms with Crippen molar-refractivity contribution in [2.75, 3.05) is 5.32 Å². The summed E-state index contributed by atoms with van der Waals surface area (Å²) in [5, 5.41) is 12.1. The van der Waals surface area contributed by atoms with Gasteiger partial charge in [-0.25, -0.2) is 0 Å². The SMILES string of the molecule is CC(=O)c1ccccc1NC(=O)[C@@H]1[C@@H](C(=O)O)[C@H]2C=C[C@@H]1C2. The van der Waals surface area contributed by atoms with Crippen molar-refractivity contribution in [3.8, 4) is 0 Å². The summed E-state index contributed by atoms with van der Waals surface area (Å²) >= 11 is 0. The van der Waals surface area contributed by atoms with Crippen molar-refractivity contribution < 1.29 is 19.5 Å². The third-order valence-corrected chi connectivity index (χ3v) is 4.61. The van der Waals surface area contributed by atoms with Crippen LogP contribution in [-0.2, 0) is 9.59 Å². The first-order valence-electron chi connectivity index (χ1n) is 7.31. The van der Waals surface area contributed by atoms with E-state index < -0.39 is 17.8 Å². The van der Waals surface area contributed by atoms with E-state index in [1.165, 1.54) is 6.92 Å². The lowest BCUT2D eigenvalue weighted by Crippen LogP contribution is -2.36. The summed E-state index contributed by atoms with van der Waals surface area (Å²) in [5.74, 6) is -2.75. The second kappa shape index (κ2) is 5.40. The van der Waals surface area contributed by atoms with Crippen LogP contribution >= 0.6 is 0 Å². The molecule has 1 saturated carbocycles. The van der Waals surface area contributed by atoms with E-state index in [0.29, 0.717) is 17.7 Å². The highest BCUT2D eigenvalue weighted by molar-refractivity contribution is 6.05. The molecule has 0 aliphatic heterocycles. The monoisotopic (exact) mass is 299 g/mol. The van der Waals surface area contributed by atoms with Gasteiger partial charge in [0.1, 0.15) is 0 Å². The molecule has 5 nitrogen and oxygen atoms in total. The van der Waals surface area contributed by atoms with Gasteiger partial charge >= 0.3 is 5.97 Å². The van der Waals surface area contributed by atoms with Gasteiger partial charge in [0.25, 0.3) is 0 Å². The van der Waals surface area contributed by atoms with Crippen LogP contribution in [0.1, 0.15) is 23.7 Å². The van der Waals surface area contributed by atoms with Crippen LogP contribution < -0.4 is 5.32 Å².